The van der Waals surface area contributed by atoms with Crippen molar-refractivity contribution >= 4 is 5.69 Å². The first-order chi connectivity index (χ1) is 9.74. The molecule has 0 amide bonds. The minimum absolute atomic E-state index is 0.668. The Morgan fingerprint density at radius 1 is 1.30 bits per heavy atom. The first kappa shape index (κ1) is 12.3. The largest absolute Gasteiger partial charge is 0.378 e. The summed E-state index contributed by atoms with van der Waals surface area (Å²) >= 11 is 0. The minimum atomic E-state index is 0.668. The van der Waals surface area contributed by atoms with Crippen molar-refractivity contribution in [1.29, 1.82) is 0 Å². The van der Waals surface area contributed by atoms with Crippen molar-refractivity contribution in [3.63, 3.8) is 0 Å². The maximum absolute atomic E-state index is 4.28. The fourth-order valence-corrected chi connectivity index (χ4v) is 1.97. The average molecular weight is 269 g/mol. The van der Waals surface area contributed by atoms with Gasteiger partial charge in [-0.05, 0) is 35.5 Å². The zero-order valence-corrected chi connectivity index (χ0v) is 11.4. The lowest BCUT2D eigenvalue weighted by Crippen LogP contribution is -2.06. The van der Waals surface area contributed by atoms with Gasteiger partial charge in [0.15, 0.2) is 5.82 Å². The molecule has 2 aromatic heterocycles. The van der Waals surface area contributed by atoms with Crippen LogP contribution in [0.2, 0.25) is 0 Å². The van der Waals surface area contributed by atoms with E-state index in [1.54, 1.807) is 10.9 Å². The highest BCUT2D eigenvalue weighted by molar-refractivity contribution is 5.50. The van der Waals surface area contributed by atoms with Crippen LogP contribution in [0.15, 0.2) is 36.7 Å². The van der Waals surface area contributed by atoms with Crippen LogP contribution in [-0.2, 0) is 13.6 Å². The molecular formula is C13H15N7. The van der Waals surface area contributed by atoms with Crippen molar-refractivity contribution in [3.8, 4) is 5.69 Å². The van der Waals surface area contributed by atoms with Crippen LogP contribution in [0, 0.1) is 6.92 Å². The number of benzene rings is 1. The lowest BCUT2D eigenvalue weighted by atomic mass is 10.2. The van der Waals surface area contributed by atoms with Crippen LogP contribution in [0.1, 0.15) is 11.6 Å². The minimum Gasteiger partial charge on any atom is -0.378 e. The van der Waals surface area contributed by atoms with Crippen LogP contribution in [0.4, 0.5) is 5.69 Å². The summed E-state index contributed by atoms with van der Waals surface area (Å²) in [5.41, 5.74) is 1.93. The zero-order chi connectivity index (χ0) is 13.9. The third-order valence-electron chi connectivity index (χ3n) is 3.09. The Kier molecular flexibility index (Phi) is 3.16. The third-order valence-corrected chi connectivity index (χ3v) is 3.09. The van der Waals surface area contributed by atoms with E-state index in [9.17, 15) is 0 Å². The summed E-state index contributed by atoms with van der Waals surface area (Å²) in [7, 11) is 1.98. The van der Waals surface area contributed by atoms with Crippen LogP contribution >= 0.6 is 0 Å². The Hall–Kier alpha value is -2.70. The van der Waals surface area contributed by atoms with Crippen molar-refractivity contribution in [3.05, 3.63) is 48.3 Å². The van der Waals surface area contributed by atoms with Crippen LogP contribution in [0.5, 0.6) is 0 Å². The monoisotopic (exact) mass is 269 g/mol. The molecule has 0 atom stereocenters. The SMILES string of the molecule is Cc1nnnn1-c1cccc(NCc2nccn2C)c1. The second kappa shape index (κ2) is 5.12. The van der Waals surface area contributed by atoms with Crippen molar-refractivity contribution in [1.82, 2.24) is 29.8 Å². The first-order valence-electron chi connectivity index (χ1n) is 6.29. The van der Waals surface area contributed by atoms with E-state index in [4.69, 9.17) is 0 Å². The number of nitrogens with zero attached hydrogens (tertiary/aromatic N) is 6. The highest BCUT2D eigenvalue weighted by Gasteiger charge is 2.04. The van der Waals surface area contributed by atoms with Crippen molar-refractivity contribution in [2.45, 2.75) is 13.5 Å². The first-order valence-corrected chi connectivity index (χ1v) is 6.29. The van der Waals surface area contributed by atoms with E-state index in [-0.39, 0.29) is 0 Å². The Balaban J connectivity index is 1.78. The molecule has 20 heavy (non-hydrogen) atoms. The molecule has 0 unspecified atom stereocenters. The van der Waals surface area contributed by atoms with Crippen molar-refractivity contribution in [2.24, 2.45) is 7.05 Å². The fourth-order valence-electron chi connectivity index (χ4n) is 1.97. The van der Waals surface area contributed by atoms with Gasteiger partial charge < -0.3 is 9.88 Å². The van der Waals surface area contributed by atoms with Gasteiger partial charge in [0.2, 0.25) is 0 Å². The summed E-state index contributed by atoms with van der Waals surface area (Å²) in [6, 6.07) is 7.95. The van der Waals surface area contributed by atoms with Gasteiger partial charge in [-0.15, -0.1) is 5.10 Å². The smallest absolute Gasteiger partial charge is 0.153 e. The normalized spacial score (nSPS) is 10.7. The molecule has 2 heterocycles. The van der Waals surface area contributed by atoms with Gasteiger partial charge in [-0.25, -0.2) is 4.98 Å². The van der Waals surface area contributed by atoms with E-state index >= 15 is 0 Å². The predicted octanol–water partition coefficient (Wildman–Crippen LogP) is 1.32. The molecule has 7 nitrogen and oxygen atoms in total. The Bertz CT molecular complexity index is 713. The molecule has 0 aliphatic heterocycles. The lowest BCUT2D eigenvalue weighted by Gasteiger charge is -2.08. The number of aromatic nitrogens is 6. The summed E-state index contributed by atoms with van der Waals surface area (Å²) in [4.78, 5) is 4.28. The molecule has 3 rings (SSSR count). The fraction of sp³-hybridized carbons (Fsp3) is 0.231. The molecule has 0 aliphatic carbocycles. The van der Waals surface area contributed by atoms with Crippen LogP contribution in [0.25, 0.3) is 5.69 Å². The van der Waals surface area contributed by atoms with Crippen LogP contribution < -0.4 is 5.32 Å². The second-order valence-corrected chi connectivity index (χ2v) is 4.50. The number of rotatable bonds is 4. The lowest BCUT2D eigenvalue weighted by molar-refractivity contribution is 0.779. The van der Waals surface area contributed by atoms with Gasteiger partial charge in [0.1, 0.15) is 5.82 Å². The number of hydrogen-bond acceptors (Lipinski definition) is 5. The second-order valence-electron chi connectivity index (χ2n) is 4.50. The molecule has 0 bridgehead atoms. The van der Waals surface area contributed by atoms with Crippen LogP contribution in [0.3, 0.4) is 0 Å². The van der Waals surface area contributed by atoms with Gasteiger partial charge in [0.05, 0.1) is 12.2 Å². The maximum Gasteiger partial charge on any atom is 0.153 e. The van der Waals surface area contributed by atoms with E-state index < -0.39 is 0 Å². The highest BCUT2D eigenvalue weighted by Crippen LogP contribution is 2.15. The third kappa shape index (κ3) is 2.37. The zero-order valence-electron chi connectivity index (χ0n) is 11.4. The quantitative estimate of drug-likeness (QED) is 0.773. The van der Waals surface area contributed by atoms with E-state index in [1.807, 2.05) is 49.0 Å². The topological polar surface area (TPSA) is 73.5 Å². The summed E-state index contributed by atoms with van der Waals surface area (Å²) in [6.45, 7) is 2.54. The summed E-state index contributed by atoms with van der Waals surface area (Å²) in [6.07, 6.45) is 3.72. The standard InChI is InChI=1S/C13H15N7/c1-10-16-17-18-20(10)12-5-3-4-11(8-12)15-9-13-14-6-7-19(13)2/h3-8,15H,9H2,1-2H3. The van der Waals surface area contributed by atoms with E-state index in [0.29, 0.717) is 6.54 Å². The van der Waals surface area contributed by atoms with E-state index in [2.05, 4.69) is 25.8 Å². The summed E-state index contributed by atoms with van der Waals surface area (Å²) < 4.78 is 3.69. The summed E-state index contributed by atoms with van der Waals surface area (Å²) in [5, 5.41) is 14.9. The predicted molar refractivity (Wildman–Crippen MR) is 74.4 cm³/mol. The highest BCUT2D eigenvalue weighted by atomic mass is 15.5. The molecule has 0 saturated heterocycles. The molecule has 1 N–H and O–H groups in total. The summed E-state index contributed by atoms with van der Waals surface area (Å²) in [5.74, 6) is 1.74. The Labute approximate surface area is 116 Å². The molecule has 0 radical (unpaired) electrons. The molecule has 0 fully saturated rings. The molecule has 102 valence electrons. The van der Waals surface area contributed by atoms with Gasteiger partial charge in [0.25, 0.3) is 0 Å². The number of hydrogen-bond donors (Lipinski definition) is 1. The van der Waals surface area contributed by atoms with Crippen LogP contribution in [-0.4, -0.2) is 29.8 Å². The number of imidazole rings is 1. The Morgan fingerprint density at radius 3 is 2.90 bits per heavy atom. The van der Waals surface area contributed by atoms with Gasteiger partial charge in [-0.1, -0.05) is 6.07 Å². The molecular weight excluding hydrogens is 254 g/mol. The number of tetrazole rings is 1. The van der Waals surface area contributed by atoms with Gasteiger partial charge in [-0.3, -0.25) is 0 Å². The number of nitrogens with one attached hydrogen (secondary N) is 1. The van der Waals surface area contributed by atoms with Crippen molar-refractivity contribution < 1.29 is 0 Å². The number of aryl methyl sites for hydroxylation is 2. The molecule has 3 aromatic rings. The van der Waals surface area contributed by atoms with Crippen molar-refractivity contribution in [2.75, 3.05) is 5.32 Å². The number of anilines is 1. The molecule has 1 aromatic carbocycles. The van der Waals surface area contributed by atoms with E-state index in [0.717, 1.165) is 23.0 Å². The average Bonchev–Trinajstić information content (AvgIpc) is 3.05. The molecule has 0 saturated carbocycles. The Morgan fingerprint density at radius 2 is 2.20 bits per heavy atom. The molecule has 0 aliphatic rings. The van der Waals surface area contributed by atoms with E-state index in [1.165, 1.54) is 0 Å². The van der Waals surface area contributed by atoms with Gasteiger partial charge in [-0.2, -0.15) is 4.68 Å². The molecule has 7 heteroatoms. The van der Waals surface area contributed by atoms with Gasteiger partial charge in [0, 0.05) is 25.1 Å². The molecule has 0 spiro atoms. The van der Waals surface area contributed by atoms with Gasteiger partial charge >= 0.3 is 0 Å². The maximum atomic E-state index is 4.28.